The molecule has 8 nitrogen and oxygen atoms in total. The van der Waals surface area contributed by atoms with Crippen LogP contribution < -0.4 is 15.2 Å². The maximum absolute atomic E-state index is 12.7. The molecule has 0 aliphatic carbocycles. The number of methoxy groups -OCH3 is 1. The lowest BCUT2D eigenvalue weighted by molar-refractivity contribution is -0.919. The van der Waals surface area contributed by atoms with Crippen LogP contribution in [0.3, 0.4) is 0 Å². The third kappa shape index (κ3) is 5.90. The first kappa shape index (κ1) is 22.0. The second-order valence-corrected chi connectivity index (χ2v) is 7.68. The summed E-state index contributed by atoms with van der Waals surface area (Å²) in [6, 6.07) is 7.70. The van der Waals surface area contributed by atoms with Gasteiger partial charge in [-0.3, -0.25) is 9.59 Å². The molecular weight excluding hydrogens is 386 g/mol. The monoisotopic (exact) mass is 416 g/mol. The standard InChI is InChI=1S/C22H29N3O5/c1-3-5-21(27)30-14-16(26)12-25-9-8-19-18(13-25)22(28)24-20(23-19)11-15-6-4-7-17(10-15)29-2/h4,6-7,10,16,26H,3,5,8-9,11-14H2,1-2H3,(H,23,24,28)/p+1/t16-/m1/s1. The molecule has 1 aromatic carbocycles. The predicted molar refractivity (Wildman–Crippen MR) is 111 cm³/mol. The average molecular weight is 416 g/mol. The van der Waals surface area contributed by atoms with Gasteiger partial charge in [0.2, 0.25) is 0 Å². The van der Waals surface area contributed by atoms with Gasteiger partial charge in [0.05, 0.1) is 24.9 Å². The van der Waals surface area contributed by atoms with Gasteiger partial charge in [0, 0.05) is 19.3 Å². The average Bonchev–Trinajstić information content (AvgIpc) is 2.73. The topological polar surface area (TPSA) is 106 Å². The van der Waals surface area contributed by atoms with E-state index in [1.807, 2.05) is 31.2 Å². The highest BCUT2D eigenvalue weighted by molar-refractivity contribution is 5.69. The van der Waals surface area contributed by atoms with Crippen molar-refractivity contribution in [3.8, 4) is 5.75 Å². The molecule has 2 atom stereocenters. The van der Waals surface area contributed by atoms with Crippen molar-refractivity contribution in [2.75, 3.05) is 26.8 Å². The molecule has 0 radical (unpaired) electrons. The first-order valence-electron chi connectivity index (χ1n) is 10.4. The van der Waals surface area contributed by atoms with Crippen LogP contribution in [-0.2, 0) is 28.9 Å². The minimum atomic E-state index is -0.748. The van der Waals surface area contributed by atoms with Crippen LogP contribution in [0, 0.1) is 0 Å². The highest BCUT2D eigenvalue weighted by Crippen LogP contribution is 2.15. The fraction of sp³-hybridized carbons (Fsp3) is 0.500. The van der Waals surface area contributed by atoms with Crippen molar-refractivity contribution in [2.24, 2.45) is 0 Å². The number of aromatic amines is 1. The van der Waals surface area contributed by atoms with Gasteiger partial charge in [-0.15, -0.1) is 0 Å². The number of esters is 1. The van der Waals surface area contributed by atoms with Crippen LogP contribution in [0.2, 0.25) is 0 Å². The lowest BCUT2D eigenvalue weighted by Crippen LogP contribution is -3.13. The van der Waals surface area contributed by atoms with Crippen LogP contribution >= 0.6 is 0 Å². The Labute approximate surface area is 175 Å². The minimum absolute atomic E-state index is 0.0106. The van der Waals surface area contributed by atoms with E-state index in [4.69, 9.17) is 9.47 Å². The number of nitrogens with zero attached hydrogens (tertiary/aromatic N) is 1. The summed E-state index contributed by atoms with van der Waals surface area (Å²) in [7, 11) is 1.62. The summed E-state index contributed by atoms with van der Waals surface area (Å²) in [5.41, 5.74) is 2.38. The normalized spacial score (nSPS) is 16.6. The first-order valence-corrected chi connectivity index (χ1v) is 10.4. The zero-order valence-corrected chi connectivity index (χ0v) is 17.6. The van der Waals surface area contributed by atoms with Gasteiger partial charge in [0.1, 0.15) is 37.4 Å². The quantitative estimate of drug-likeness (QED) is 0.498. The molecule has 0 spiro atoms. The highest BCUT2D eigenvalue weighted by atomic mass is 16.5. The van der Waals surface area contributed by atoms with Gasteiger partial charge < -0.3 is 24.5 Å². The molecule has 30 heavy (non-hydrogen) atoms. The summed E-state index contributed by atoms with van der Waals surface area (Å²) in [4.78, 5) is 32.7. The Morgan fingerprint density at radius 3 is 3.00 bits per heavy atom. The number of ether oxygens (including phenoxy) is 2. The molecule has 0 saturated carbocycles. The largest absolute Gasteiger partial charge is 0.497 e. The molecule has 0 bridgehead atoms. The van der Waals surface area contributed by atoms with E-state index in [2.05, 4.69) is 9.97 Å². The number of rotatable bonds is 9. The van der Waals surface area contributed by atoms with Crippen molar-refractivity contribution in [3.63, 3.8) is 0 Å². The van der Waals surface area contributed by atoms with Crippen molar-refractivity contribution in [1.82, 2.24) is 9.97 Å². The Kier molecular flexibility index (Phi) is 7.59. The zero-order valence-electron chi connectivity index (χ0n) is 17.6. The number of nitrogens with one attached hydrogen (secondary N) is 2. The summed E-state index contributed by atoms with van der Waals surface area (Å²) in [5, 5.41) is 10.2. The van der Waals surface area contributed by atoms with Gasteiger partial charge in [-0.05, 0) is 24.1 Å². The Balaban J connectivity index is 1.61. The fourth-order valence-corrected chi connectivity index (χ4v) is 3.71. The van der Waals surface area contributed by atoms with Crippen LogP contribution in [0.15, 0.2) is 29.1 Å². The second-order valence-electron chi connectivity index (χ2n) is 7.68. The number of carbonyl (C=O) groups excluding carboxylic acids is 1. The van der Waals surface area contributed by atoms with Crippen LogP contribution in [0.1, 0.15) is 42.4 Å². The molecule has 0 fully saturated rings. The Hall–Kier alpha value is -2.71. The highest BCUT2D eigenvalue weighted by Gasteiger charge is 2.26. The molecule has 3 rings (SSSR count). The Bertz CT molecular complexity index is 927. The van der Waals surface area contributed by atoms with Gasteiger partial charge in [-0.25, -0.2) is 4.98 Å². The smallest absolute Gasteiger partial charge is 0.305 e. The fourth-order valence-electron chi connectivity index (χ4n) is 3.71. The number of fused-ring (bicyclic) bond motifs is 1. The Morgan fingerprint density at radius 2 is 2.23 bits per heavy atom. The van der Waals surface area contributed by atoms with Crippen molar-refractivity contribution >= 4 is 5.97 Å². The number of aliphatic hydroxyl groups is 1. The molecule has 0 amide bonds. The molecule has 1 aliphatic heterocycles. The number of H-pyrrole nitrogens is 1. The van der Waals surface area contributed by atoms with Crippen molar-refractivity contribution in [3.05, 3.63) is 57.3 Å². The van der Waals surface area contributed by atoms with Crippen LogP contribution in [0.4, 0.5) is 0 Å². The van der Waals surface area contributed by atoms with E-state index < -0.39 is 6.10 Å². The van der Waals surface area contributed by atoms with E-state index in [0.29, 0.717) is 43.7 Å². The van der Waals surface area contributed by atoms with E-state index >= 15 is 0 Å². The maximum Gasteiger partial charge on any atom is 0.305 e. The number of quaternary nitrogens is 1. The number of aliphatic hydroxyl groups excluding tert-OH is 1. The molecule has 162 valence electrons. The van der Waals surface area contributed by atoms with Gasteiger partial charge in [0.15, 0.2) is 0 Å². The summed E-state index contributed by atoms with van der Waals surface area (Å²) < 4.78 is 10.3. The van der Waals surface area contributed by atoms with Gasteiger partial charge in [-0.2, -0.15) is 0 Å². The summed E-state index contributed by atoms with van der Waals surface area (Å²) >= 11 is 0. The number of hydrogen-bond donors (Lipinski definition) is 3. The van der Waals surface area contributed by atoms with Crippen molar-refractivity contribution in [1.29, 1.82) is 0 Å². The third-order valence-electron chi connectivity index (χ3n) is 5.21. The lowest BCUT2D eigenvalue weighted by atomic mass is 10.1. The van der Waals surface area contributed by atoms with Crippen molar-refractivity contribution < 1.29 is 24.3 Å². The molecule has 8 heteroatoms. The first-order chi connectivity index (χ1) is 14.5. The van der Waals surface area contributed by atoms with Crippen LogP contribution in [0.25, 0.3) is 0 Å². The van der Waals surface area contributed by atoms with E-state index in [1.54, 1.807) is 7.11 Å². The summed E-state index contributed by atoms with van der Waals surface area (Å²) in [6.07, 6.45) is 1.52. The molecular formula is C22H30N3O5+. The molecule has 1 aliphatic rings. The summed E-state index contributed by atoms with van der Waals surface area (Å²) in [6.45, 7) is 3.58. The zero-order chi connectivity index (χ0) is 21.5. The van der Waals surface area contributed by atoms with E-state index in [1.165, 1.54) is 0 Å². The van der Waals surface area contributed by atoms with Gasteiger partial charge in [0.25, 0.3) is 5.56 Å². The number of aromatic nitrogens is 2. The van der Waals surface area contributed by atoms with Crippen LogP contribution in [0.5, 0.6) is 5.75 Å². The lowest BCUT2D eigenvalue weighted by Gasteiger charge is -2.26. The van der Waals surface area contributed by atoms with E-state index in [0.717, 1.165) is 34.9 Å². The van der Waals surface area contributed by atoms with Gasteiger partial charge in [-0.1, -0.05) is 19.1 Å². The molecule has 3 N–H and O–H groups in total. The number of benzene rings is 1. The van der Waals surface area contributed by atoms with Gasteiger partial charge >= 0.3 is 5.97 Å². The molecule has 2 aromatic rings. The number of hydrogen-bond acceptors (Lipinski definition) is 6. The van der Waals surface area contributed by atoms with E-state index in [-0.39, 0.29) is 18.1 Å². The number of carbonyl (C=O) groups is 1. The van der Waals surface area contributed by atoms with Crippen molar-refractivity contribution in [2.45, 2.75) is 45.3 Å². The molecule has 1 unspecified atom stereocenters. The molecule has 0 saturated heterocycles. The van der Waals surface area contributed by atoms with Crippen LogP contribution in [-0.4, -0.2) is 54.0 Å². The Morgan fingerprint density at radius 1 is 1.40 bits per heavy atom. The summed E-state index contributed by atoms with van der Waals surface area (Å²) in [5.74, 6) is 1.11. The SMILES string of the molecule is CCCC(=O)OC[C@H](O)C[NH+]1CCc2nc(Cc3cccc(OC)c3)[nH]c(=O)c2C1. The second kappa shape index (κ2) is 10.4. The predicted octanol–water partition coefficient (Wildman–Crippen LogP) is 0.0145. The third-order valence-corrected chi connectivity index (χ3v) is 5.21. The van der Waals surface area contributed by atoms with E-state index in [9.17, 15) is 14.7 Å². The molecule has 2 heterocycles. The maximum atomic E-state index is 12.7. The molecule has 1 aromatic heterocycles. The minimum Gasteiger partial charge on any atom is -0.497 e.